The van der Waals surface area contributed by atoms with E-state index in [9.17, 15) is 13.2 Å². The van der Waals surface area contributed by atoms with E-state index in [1.807, 2.05) is 6.07 Å². The molecule has 2 aliphatic rings. The monoisotopic (exact) mass is 494 g/mol. The van der Waals surface area contributed by atoms with Gasteiger partial charge in [0.25, 0.3) is 10.0 Å². The van der Waals surface area contributed by atoms with Gasteiger partial charge in [-0.15, -0.1) is 0 Å². The minimum Gasteiger partial charge on any atom is -0.497 e. The Morgan fingerprint density at radius 2 is 1.90 bits per heavy atom. The molecule has 0 saturated heterocycles. The summed E-state index contributed by atoms with van der Waals surface area (Å²) in [4.78, 5) is 14.5. The molecule has 1 heterocycles. The summed E-state index contributed by atoms with van der Waals surface area (Å²) in [7, 11) is 0.567. The van der Waals surface area contributed by atoms with E-state index >= 15 is 0 Å². The van der Waals surface area contributed by atoms with E-state index in [1.54, 1.807) is 29.2 Å². The van der Waals surface area contributed by atoms with Gasteiger partial charge in [-0.05, 0) is 65.0 Å². The van der Waals surface area contributed by atoms with E-state index in [2.05, 4.69) is 15.9 Å². The highest BCUT2D eigenvalue weighted by atomic mass is 79.9. The molecule has 7 nitrogen and oxygen atoms in total. The molecule has 0 radical (unpaired) electrons. The van der Waals surface area contributed by atoms with Crippen molar-refractivity contribution in [3.05, 3.63) is 40.4 Å². The van der Waals surface area contributed by atoms with E-state index in [0.29, 0.717) is 33.9 Å². The van der Waals surface area contributed by atoms with Gasteiger partial charge >= 0.3 is 0 Å². The lowest BCUT2D eigenvalue weighted by Gasteiger charge is -2.24. The molecule has 1 aliphatic carbocycles. The minimum atomic E-state index is -3.92. The number of sulfonamides is 1. The lowest BCUT2D eigenvalue weighted by molar-refractivity contribution is -0.119. The van der Waals surface area contributed by atoms with Crippen molar-refractivity contribution >= 4 is 43.2 Å². The Hall–Kier alpha value is -2.26. The fourth-order valence-corrected chi connectivity index (χ4v) is 5.96. The van der Waals surface area contributed by atoms with Crippen molar-refractivity contribution in [1.82, 2.24) is 0 Å². The zero-order valence-electron chi connectivity index (χ0n) is 17.0. The van der Waals surface area contributed by atoms with Gasteiger partial charge in [0.1, 0.15) is 16.4 Å². The maximum absolute atomic E-state index is 13.5. The number of ether oxygens (including phenoxy) is 2. The second kappa shape index (κ2) is 7.77. The van der Waals surface area contributed by atoms with Gasteiger partial charge in [-0.2, -0.15) is 0 Å². The van der Waals surface area contributed by atoms with Crippen molar-refractivity contribution in [2.45, 2.75) is 24.2 Å². The third-order valence-electron chi connectivity index (χ3n) is 5.59. The summed E-state index contributed by atoms with van der Waals surface area (Å²) in [6.45, 7) is 0.586. The van der Waals surface area contributed by atoms with Gasteiger partial charge in [0.2, 0.25) is 5.91 Å². The molecule has 0 N–H and O–H groups in total. The van der Waals surface area contributed by atoms with Crippen LogP contribution < -0.4 is 18.7 Å². The number of carbonyl (C=O) groups is 1. The van der Waals surface area contributed by atoms with Crippen LogP contribution in [0.5, 0.6) is 11.5 Å². The number of amides is 1. The molecule has 0 bridgehead atoms. The van der Waals surface area contributed by atoms with Crippen LogP contribution in [0.4, 0.5) is 11.4 Å². The minimum absolute atomic E-state index is 0.0749. The molecular formula is C21H23BrN2O5S. The molecule has 0 atom stereocenters. The summed E-state index contributed by atoms with van der Waals surface area (Å²) in [5, 5.41) is 0. The Kier molecular flexibility index (Phi) is 5.44. The Bertz CT molecular complexity index is 1110. The van der Waals surface area contributed by atoms with Crippen LogP contribution in [0, 0.1) is 5.92 Å². The van der Waals surface area contributed by atoms with Gasteiger partial charge in [-0.3, -0.25) is 9.10 Å². The predicted octanol–water partition coefficient (Wildman–Crippen LogP) is 3.59. The lowest BCUT2D eigenvalue weighted by Crippen LogP contribution is -2.31. The average molecular weight is 495 g/mol. The van der Waals surface area contributed by atoms with Crippen LogP contribution in [-0.2, 0) is 21.2 Å². The first kappa shape index (κ1) is 21.0. The van der Waals surface area contributed by atoms with Gasteiger partial charge < -0.3 is 14.4 Å². The molecule has 1 amide bonds. The fourth-order valence-electron chi connectivity index (χ4n) is 3.69. The summed E-state index contributed by atoms with van der Waals surface area (Å²) < 4.78 is 39.2. The first-order valence-corrected chi connectivity index (χ1v) is 11.9. The van der Waals surface area contributed by atoms with Crippen molar-refractivity contribution in [2.75, 3.05) is 37.0 Å². The van der Waals surface area contributed by atoms with Crippen LogP contribution in [-0.4, -0.2) is 42.1 Å². The maximum atomic E-state index is 13.5. The highest BCUT2D eigenvalue weighted by molar-refractivity contribution is 9.10. The zero-order chi connectivity index (χ0) is 21.6. The number of nitrogens with zero attached hydrogens (tertiary/aromatic N) is 2. The van der Waals surface area contributed by atoms with Crippen molar-refractivity contribution in [3.8, 4) is 11.5 Å². The number of hydrogen-bond acceptors (Lipinski definition) is 5. The number of fused-ring (bicyclic) bond motifs is 1. The summed E-state index contributed by atoms with van der Waals surface area (Å²) >= 11 is 3.42. The molecule has 0 aromatic heterocycles. The van der Waals surface area contributed by atoms with E-state index in [-0.39, 0.29) is 16.7 Å². The van der Waals surface area contributed by atoms with Crippen molar-refractivity contribution < 1.29 is 22.7 Å². The third-order valence-corrected chi connectivity index (χ3v) is 8.32. The normalized spacial score (nSPS) is 15.7. The number of rotatable bonds is 6. The molecule has 160 valence electrons. The average Bonchev–Trinajstić information content (AvgIpc) is 3.51. The highest BCUT2D eigenvalue weighted by Gasteiger charge is 2.38. The molecule has 9 heteroatoms. The Morgan fingerprint density at radius 1 is 1.17 bits per heavy atom. The predicted molar refractivity (Wildman–Crippen MR) is 118 cm³/mol. The van der Waals surface area contributed by atoms with Gasteiger partial charge in [0.05, 0.1) is 19.9 Å². The van der Waals surface area contributed by atoms with Gasteiger partial charge in [0, 0.05) is 35.7 Å². The van der Waals surface area contributed by atoms with Crippen LogP contribution in [0.15, 0.2) is 39.7 Å². The second-order valence-electron chi connectivity index (χ2n) is 7.44. The lowest BCUT2D eigenvalue weighted by atomic mass is 10.2. The van der Waals surface area contributed by atoms with Crippen LogP contribution in [0.25, 0.3) is 0 Å². The Morgan fingerprint density at radius 3 is 2.53 bits per heavy atom. The van der Waals surface area contributed by atoms with E-state index in [0.717, 1.165) is 24.8 Å². The number of methoxy groups -OCH3 is 2. The molecule has 0 unspecified atom stereocenters. The molecule has 1 fully saturated rings. The largest absolute Gasteiger partial charge is 0.497 e. The molecule has 4 rings (SSSR count). The van der Waals surface area contributed by atoms with Gasteiger partial charge in [0.15, 0.2) is 0 Å². The van der Waals surface area contributed by atoms with Gasteiger partial charge in [-0.1, -0.05) is 0 Å². The van der Waals surface area contributed by atoms with Gasteiger partial charge in [-0.25, -0.2) is 8.42 Å². The highest BCUT2D eigenvalue weighted by Crippen LogP contribution is 2.41. The van der Waals surface area contributed by atoms with Crippen molar-refractivity contribution in [3.63, 3.8) is 0 Å². The topological polar surface area (TPSA) is 76.2 Å². The van der Waals surface area contributed by atoms with E-state index in [1.165, 1.54) is 25.6 Å². The first-order valence-electron chi connectivity index (χ1n) is 9.62. The second-order valence-corrected chi connectivity index (χ2v) is 10.2. The van der Waals surface area contributed by atoms with Crippen molar-refractivity contribution in [2.24, 2.45) is 5.92 Å². The number of carbonyl (C=O) groups excluding carboxylic acids is 1. The number of benzene rings is 2. The Labute approximate surface area is 184 Å². The molecular weight excluding hydrogens is 472 g/mol. The molecule has 1 saturated carbocycles. The first-order chi connectivity index (χ1) is 14.3. The number of hydrogen-bond donors (Lipinski definition) is 0. The van der Waals surface area contributed by atoms with Crippen molar-refractivity contribution in [1.29, 1.82) is 0 Å². The maximum Gasteiger partial charge on any atom is 0.265 e. The van der Waals surface area contributed by atoms with Crippen LogP contribution in [0.3, 0.4) is 0 Å². The summed E-state index contributed by atoms with van der Waals surface area (Å²) in [5.41, 5.74) is 2.04. The summed E-state index contributed by atoms with van der Waals surface area (Å²) in [6.07, 6.45) is 2.54. The van der Waals surface area contributed by atoms with Crippen LogP contribution >= 0.6 is 15.9 Å². The quantitative estimate of drug-likeness (QED) is 0.613. The SMILES string of the molecule is COc1ccc(N(C)S(=O)(=O)c2cc3c(cc2Br)CCN3C(=O)C2CC2)c(OC)c1. The molecule has 0 spiro atoms. The van der Waals surface area contributed by atoms with Crippen LogP contribution in [0.1, 0.15) is 18.4 Å². The van der Waals surface area contributed by atoms with Crippen LogP contribution in [0.2, 0.25) is 0 Å². The molecule has 2 aromatic rings. The molecule has 30 heavy (non-hydrogen) atoms. The Balaban J connectivity index is 1.74. The zero-order valence-corrected chi connectivity index (χ0v) is 19.4. The number of anilines is 2. The van der Waals surface area contributed by atoms with E-state index < -0.39 is 10.0 Å². The summed E-state index contributed by atoms with van der Waals surface area (Å²) in [6, 6.07) is 8.36. The third kappa shape index (κ3) is 3.54. The standard InChI is InChI=1S/C21H23BrN2O5S/c1-23(17-7-6-15(28-2)11-19(17)29-3)30(26,27)20-12-18-14(10-16(20)22)8-9-24(18)21(25)13-4-5-13/h6-7,10-13H,4-5,8-9H2,1-3H3. The molecule has 2 aromatic carbocycles. The smallest absolute Gasteiger partial charge is 0.265 e. The number of halogens is 1. The molecule has 1 aliphatic heterocycles. The fraction of sp³-hybridized carbons (Fsp3) is 0.381. The van der Waals surface area contributed by atoms with E-state index in [4.69, 9.17) is 9.47 Å². The summed E-state index contributed by atoms with van der Waals surface area (Å²) in [5.74, 6) is 1.10.